The van der Waals surface area contributed by atoms with Crippen molar-refractivity contribution in [3.63, 3.8) is 0 Å². The Labute approximate surface area is 507 Å². The van der Waals surface area contributed by atoms with Gasteiger partial charge in [0.1, 0.15) is 23.7 Å². The Kier molecular flexibility index (Phi) is 30.9. The van der Waals surface area contributed by atoms with Crippen molar-refractivity contribution in [2.24, 2.45) is 0 Å². The minimum absolute atomic E-state index is 0. The van der Waals surface area contributed by atoms with Gasteiger partial charge in [0.15, 0.2) is 46.6 Å². The van der Waals surface area contributed by atoms with Gasteiger partial charge in [0, 0.05) is 9.85 Å². The van der Waals surface area contributed by atoms with Crippen LogP contribution in [-0.2, 0) is 27.8 Å². The first-order valence-corrected chi connectivity index (χ1v) is 34.6. The van der Waals surface area contributed by atoms with Crippen LogP contribution in [0.4, 0.5) is 0 Å². The molecule has 0 saturated carbocycles. The first-order valence-electron chi connectivity index (χ1n) is 25.8. The molecule has 0 radical (unpaired) electrons. The molecule has 6 aromatic rings. The fraction of sp³-hybridized carbons (Fsp3) is 0.518. The van der Waals surface area contributed by atoms with Crippen LogP contribution in [0.15, 0.2) is 88.5 Å². The van der Waals surface area contributed by atoms with E-state index in [1.165, 1.54) is 29.9 Å². The molecule has 0 N–H and O–H groups in total. The summed E-state index contributed by atoms with van der Waals surface area (Å²) in [5.41, 5.74) is 4.79. The summed E-state index contributed by atoms with van der Waals surface area (Å²) in [6.45, 7) is 35.7. The van der Waals surface area contributed by atoms with E-state index in [1.807, 2.05) is 35.0 Å². The maximum Gasteiger partial charge on any atom is 1.00 e. The molecule has 2 fully saturated rings. The van der Waals surface area contributed by atoms with E-state index in [0.29, 0.717) is 87.0 Å². The van der Waals surface area contributed by atoms with Crippen molar-refractivity contribution in [1.82, 2.24) is 0 Å². The number of carbonyl (C=O) groups is 2. The molecule has 11 nitrogen and oxygen atoms in total. The molecule has 0 amide bonds. The Morgan fingerprint density at radius 3 is 1.26 bits per heavy atom. The van der Waals surface area contributed by atoms with Crippen LogP contribution in [0.2, 0.25) is 48.9 Å². The van der Waals surface area contributed by atoms with E-state index in [-0.39, 0.29) is 54.6 Å². The summed E-state index contributed by atoms with van der Waals surface area (Å²) in [7, 11) is -4.26. The molecule has 0 aromatic carbocycles. The molecule has 77 heavy (non-hydrogen) atoms. The second-order valence-corrected chi connectivity index (χ2v) is 35.7. The Hall–Kier alpha value is -1.58. The third-order valence-corrected chi connectivity index (χ3v) is 29.4. The van der Waals surface area contributed by atoms with Gasteiger partial charge in [-0.25, -0.2) is 0 Å². The predicted molar refractivity (Wildman–Crippen MR) is 320 cm³/mol. The molecule has 21 heteroatoms. The molecule has 8 rings (SSSR count). The van der Waals surface area contributed by atoms with Crippen molar-refractivity contribution in [2.45, 2.75) is 161 Å². The number of rotatable bonds is 19. The minimum Gasteiger partial charge on any atom is -0.447 e. The molecule has 0 aliphatic carbocycles. The standard InChI is InChI=1S/C21H31ClO4SSi.C19H27ClO3SSi.C7H7BrO2S.C5H3ClO2.C4H9.Li/c1-13(2)28(14(3)4,15(5)6)26-20(17-7-8-19(22)25-17)16-11-18(27-12-16)21-23-9-10-24-21;1-12(2)25(13(3)4,14(5)6)23-19(17-7-8-18(20)22-17)15-9-16(10-21)24-11-15;8-5-3-6(11-4-5)7-9-1-2-10-7;6-5-2-1-4(3-7)8-5;1-3-4-2;/h7-8,11-15,20-21H,9-10H2,1-6H3;7-14,19H,1-6H3;3-4,7H,1-2H2;1-3H;1,3-4H2,2H3;/q;;;;-1;+1. The Bertz CT molecular complexity index is 2550. The van der Waals surface area contributed by atoms with Gasteiger partial charge in [-0.1, -0.05) is 96.4 Å². The van der Waals surface area contributed by atoms with Crippen LogP contribution < -0.4 is 18.9 Å². The van der Waals surface area contributed by atoms with Crippen LogP contribution in [0, 0.1) is 6.92 Å². The number of unbranched alkanes of at least 4 members (excludes halogenated alkanes) is 1. The minimum atomic E-state index is -2.13. The molecule has 422 valence electrons. The molecule has 2 unspecified atom stereocenters. The van der Waals surface area contributed by atoms with E-state index in [2.05, 4.69) is 129 Å². The molecular weight excluding hydrogens is 1190 g/mol. The summed E-state index contributed by atoms with van der Waals surface area (Å²) >= 11 is 25.5. The van der Waals surface area contributed by atoms with Crippen LogP contribution in [0.3, 0.4) is 0 Å². The zero-order valence-corrected chi connectivity index (χ0v) is 55.3. The Balaban J connectivity index is 0.000000287. The first-order chi connectivity index (χ1) is 36.1. The molecule has 8 heterocycles. The summed E-state index contributed by atoms with van der Waals surface area (Å²) < 4.78 is 53.3. The summed E-state index contributed by atoms with van der Waals surface area (Å²) in [4.78, 5) is 23.9. The molecule has 0 spiro atoms. The third kappa shape index (κ3) is 19.5. The smallest absolute Gasteiger partial charge is 0.447 e. The van der Waals surface area contributed by atoms with E-state index in [4.69, 9.17) is 71.4 Å². The van der Waals surface area contributed by atoms with Crippen molar-refractivity contribution >= 4 is 114 Å². The number of carbonyl (C=O) groups excluding carboxylic acids is 2. The predicted octanol–water partition coefficient (Wildman–Crippen LogP) is 17.3. The molecule has 2 saturated heterocycles. The molecule has 6 aromatic heterocycles. The number of thiophene rings is 3. The fourth-order valence-corrected chi connectivity index (χ4v) is 24.3. The van der Waals surface area contributed by atoms with E-state index in [1.54, 1.807) is 34.8 Å². The van der Waals surface area contributed by atoms with E-state index in [0.717, 1.165) is 43.8 Å². The third-order valence-electron chi connectivity index (χ3n) is 13.1. The van der Waals surface area contributed by atoms with Gasteiger partial charge in [0.05, 0.1) is 41.1 Å². The van der Waals surface area contributed by atoms with Gasteiger partial charge < -0.3 is 48.0 Å². The first kappa shape index (κ1) is 69.7. The topological polar surface area (TPSA) is 129 Å². The van der Waals surface area contributed by atoms with E-state index >= 15 is 0 Å². The maximum atomic E-state index is 11.1. The summed E-state index contributed by atoms with van der Waals surface area (Å²) in [6, 6.07) is 16.4. The normalized spacial score (nSPS) is 14.9. The van der Waals surface area contributed by atoms with E-state index < -0.39 is 16.6 Å². The largest absolute Gasteiger partial charge is 1.00 e. The number of hydrogen-bond acceptors (Lipinski definition) is 14. The van der Waals surface area contributed by atoms with Gasteiger partial charge in [-0.05, 0) is 160 Å². The molecule has 2 aliphatic rings. The van der Waals surface area contributed by atoms with Crippen molar-refractivity contribution in [3.8, 4) is 0 Å². The number of halogens is 4. The molecule has 0 bridgehead atoms. The van der Waals surface area contributed by atoms with E-state index in [9.17, 15) is 9.59 Å². The van der Waals surface area contributed by atoms with Crippen LogP contribution in [-0.4, -0.2) is 55.6 Å². The Morgan fingerprint density at radius 1 is 0.584 bits per heavy atom. The van der Waals surface area contributed by atoms with Gasteiger partial charge in [0.25, 0.3) is 0 Å². The van der Waals surface area contributed by atoms with Gasteiger partial charge in [-0.15, -0.1) is 34.0 Å². The van der Waals surface area contributed by atoms with Gasteiger partial charge >= 0.3 is 18.9 Å². The zero-order valence-electron chi connectivity index (χ0n) is 47.0. The molecular formula is C56H77BrCl3LiO11S3Si2. The van der Waals surface area contributed by atoms with Gasteiger partial charge in [-0.2, -0.15) is 6.42 Å². The van der Waals surface area contributed by atoms with Gasteiger partial charge in [0.2, 0.25) is 16.6 Å². The van der Waals surface area contributed by atoms with Crippen LogP contribution in [0.1, 0.15) is 180 Å². The molecule has 2 atom stereocenters. The second kappa shape index (κ2) is 34.1. The number of ether oxygens (including phenoxy) is 4. The summed E-state index contributed by atoms with van der Waals surface area (Å²) in [5.74, 6) is 1.70. The van der Waals surface area contributed by atoms with Crippen LogP contribution in [0.25, 0.3) is 0 Å². The second-order valence-electron chi connectivity index (χ2n) is 20.0. The zero-order chi connectivity index (χ0) is 56.3. The maximum absolute atomic E-state index is 11.1. The van der Waals surface area contributed by atoms with Gasteiger partial charge in [-0.3, -0.25) is 9.59 Å². The Morgan fingerprint density at radius 2 is 0.961 bits per heavy atom. The number of furan rings is 3. The average molecular weight is 1270 g/mol. The quantitative estimate of drug-likeness (QED) is 0.0437. The van der Waals surface area contributed by atoms with Crippen molar-refractivity contribution in [2.75, 3.05) is 26.4 Å². The summed E-state index contributed by atoms with van der Waals surface area (Å²) in [6.07, 6.45) is 2.74. The fourth-order valence-electron chi connectivity index (χ4n) is 9.83. The average Bonchev–Trinajstić information content (AvgIpc) is 4.22. The number of aldehydes is 2. The van der Waals surface area contributed by atoms with Crippen LogP contribution in [0.5, 0.6) is 0 Å². The van der Waals surface area contributed by atoms with Crippen LogP contribution >= 0.6 is 84.7 Å². The van der Waals surface area contributed by atoms with Crippen molar-refractivity contribution in [3.05, 3.63) is 141 Å². The number of hydrogen-bond donors (Lipinski definition) is 0. The monoisotopic (exact) mass is 1270 g/mol. The van der Waals surface area contributed by atoms with Crippen molar-refractivity contribution in [1.29, 1.82) is 0 Å². The summed E-state index contributed by atoms with van der Waals surface area (Å²) in [5, 5.41) is 7.10. The van der Waals surface area contributed by atoms with Crippen molar-refractivity contribution < 1.29 is 69.5 Å². The molecule has 2 aliphatic heterocycles. The SMILES string of the molecule is Brc1csc(C2OCCO2)c1.CC(C)[Si](OC(c1csc(C2OCCO2)c1)c1ccc(Cl)o1)(C(C)C)C(C)C.CC(C)[Si](OC(c1csc(C=O)c1)c1ccc(Cl)o1)(C(C)C)C(C)C.O=Cc1ccc(Cl)o1.[CH2-]CCC.[Li+].